The Balaban J connectivity index is 1.55. The van der Waals surface area contributed by atoms with Gasteiger partial charge in [-0.15, -0.1) is 0 Å². The third-order valence-electron chi connectivity index (χ3n) is 3.73. The summed E-state index contributed by atoms with van der Waals surface area (Å²) in [6, 6.07) is 1.31. The molecule has 1 saturated carbocycles. The molecule has 1 saturated heterocycles. The van der Waals surface area contributed by atoms with Crippen LogP contribution < -0.4 is 5.32 Å². The number of morpholine rings is 1. The molecule has 1 N–H and O–H groups in total. The first-order valence-electron chi connectivity index (χ1n) is 7.52. The van der Waals surface area contributed by atoms with Crippen LogP contribution in [0, 0.1) is 0 Å². The fourth-order valence-corrected chi connectivity index (χ4v) is 2.38. The van der Waals surface area contributed by atoms with Crippen LogP contribution in [0.2, 0.25) is 0 Å². The van der Waals surface area contributed by atoms with Gasteiger partial charge in [0.05, 0.1) is 26.4 Å². The van der Waals surface area contributed by atoms with Crippen LogP contribution in [0.5, 0.6) is 0 Å². The molecule has 0 aromatic carbocycles. The van der Waals surface area contributed by atoms with Crippen molar-refractivity contribution in [1.82, 2.24) is 10.2 Å². The van der Waals surface area contributed by atoms with Gasteiger partial charge in [0, 0.05) is 45.4 Å². The zero-order valence-corrected chi connectivity index (χ0v) is 12.1. The van der Waals surface area contributed by atoms with Gasteiger partial charge in [-0.1, -0.05) is 0 Å². The molecule has 5 nitrogen and oxygen atoms in total. The molecular formula is C14H28N2O3. The highest BCUT2D eigenvalue weighted by molar-refractivity contribution is 4.85. The topological polar surface area (TPSA) is 43.0 Å². The predicted molar refractivity (Wildman–Crippen MR) is 74.5 cm³/mol. The molecule has 1 unspecified atom stereocenters. The molecule has 2 rings (SSSR count). The van der Waals surface area contributed by atoms with Crippen molar-refractivity contribution in [3.63, 3.8) is 0 Å². The lowest BCUT2D eigenvalue weighted by Gasteiger charge is -2.35. The zero-order chi connectivity index (χ0) is 13.3. The summed E-state index contributed by atoms with van der Waals surface area (Å²) in [5, 5.41) is 3.61. The average Bonchev–Trinajstić information content (AvgIpc) is 3.25. The van der Waals surface area contributed by atoms with E-state index >= 15 is 0 Å². The highest BCUT2D eigenvalue weighted by atomic mass is 16.5. The van der Waals surface area contributed by atoms with Crippen molar-refractivity contribution in [3.8, 4) is 0 Å². The van der Waals surface area contributed by atoms with Crippen molar-refractivity contribution < 1.29 is 14.2 Å². The van der Waals surface area contributed by atoms with Gasteiger partial charge in [-0.25, -0.2) is 0 Å². The molecule has 0 spiro atoms. The zero-order valence-electron chi connectivity index (χ0n) is 12.1. The lowest BCUT2D eigenvalue weighted by molar-refractivity contribution is -0.0120. The fourth-order valence-electron chi connectivity index (χ4n) is 2.38. The van der Waals surface area contributed by atoms with Gasteiger partial charge in [-0.05, 0) is 19.3 Å². The van der Waals surface area contributed by atoms with E-state index in [1.165, 1.54) is 12.8 Å². The Morgan fingerprint density at radius 3 is 2.95 bits per heavy atom. The van der Waals surface area contributed by atoms with Gasteiger partial charge in [0.25, 0.3) is 0 Å². The van der Waals surface area contributed by atoms with Crippen LogP contribution in [-0.2, 0) is 14.2 Å². The SMILES string of the molecule is COCCOCCCN1CCOCC1CNC1CC1. The van der Waals surface area contributed by atoms with E-state index in [0.717, 1.165) is 51.9 Å². The molecule has 0 aromatic heterocycles. The number of hydrogen-bond donors (Lipinski definition) is 1. The Morgan fingerprint density at radius 1 is 1.26 bits per heavy atom. The lowest BCUT2D eigenvalue weighted by atomic mass is 10.2. The first-order chi connectivity index (χ1) is 9.40. The van der Waals surface area contributed by atoms with E-state index in [1.54, 1.807) is 7.11 Å². The summed E-state index contributed by atoms with van der Waals surface area (Å²) in [4.78, 5) is 2.54. The molecule has 1 heterocycles. The summed E-state index contributed by atoms with van der Waals surface area (Å²) in [5.74, 6) is 0. The van der Waals surface area contributed by atoms with Gasteiger partial charge in [-0.2, -0.15) is 0 Å². The quantitative estimate of drug-likeness (QED) is 0.586. The van der Waals surface area contributed by atoms with E-state index in [9.17, 15) is 0 Å². The van der Waals surface area contributed by atoms with Gasteiger partial charge in [0.2, 0.25) is 0 Å². The number of nitrogens with one attached hydrogen (secondary N) is 1. The van der Waals surface area contributed by atoms with Crippen molar-refractivity contribution in [1.29, 1.82) is 0 Å². The van der Waals surface area contributed by atoms with Crippen molar-refractivity contribution in [3.05, 3.63) is 0 Å². The van der Waals surface area contributed by atoms with E-state index in [4.69, 9.17) is 14.2 Å². The van der Waals surface area contributed by atoms with Gasteiger partial charge < -0.3 is 19.5 Å². The van der Waals surface area contributed by atoms with Crippen LogP contribution in [-0.4, -0.2) is 76.8 Å². The van der Waals surface area contributed by atoms with Gasteiger partial charge in [-0.3, -0.25) is 4.90 Å². The van der Waals surface area contributed by atoms with E-state index in [-0.39, 0.29) is 0 Å². The normalized spacial score (nSPS) is 24.8. The Morgan fingerprint density at radius 2 is 2.16 bits per heavy atom. The van der Waals surface area contributed by atoms with Crippen molar-refractivity contribution >= 4 is 0 Å². The summed E-state index contributed by atoms with van der Waals surface area (Å²) < 4.78 is 16.1. The Kier molecular flexibility index (Phi) is 7.09. The van der Waals surface area contributed by atoms with Gasteiger partial charge in [0.15, 0.2) is 0 Å². The van der Waals surface area contributed by atoms with Crippen LogP contribution in [0.3, 0.4) is 0 Å². The largest absolute Gasteiger partial charge is 0.382 e. The number of ether oxygens (including phenoxy) is 3. The Bertz CT molecular complexity index is 237. The number of rotatable bonds is 10. The average molecular weight is 272 g/mol. The van der Waals surface area contributed by atoms with E-state index < -0.39 is 0 Å². The molecule has 19 heavy (non-hydrogen) atoms. The predicted octanol–water partition coefficient (Wildman–Crippen LogP) is 0.492. The summed E-state index contributed by atoms with van der Waals surface area (Å²) in [6.07, 6.45) is 3.78. The fraction of sp³-hybridized carbons (Fsp3) is 1.00. The number of methoxy groups -OCH3 is 1. The second kappa shape index (κ2) is 8.87. The molecular weight excluding hydrogens is 244 g/mol. The molecule has 0 bridgehead atoms. The number of hydrogen-bond acceptors (Lipinski definition) is 5. The molecule has 2 fully saturated rings. The molecule has 1 aliphatic carbocycles. The van der Waals surface area contributed by atoms with Crippen molar-refractivity contribution in [2.24, 2.45) is 0 Å². The number of nitrogens with zero attached hydrogens (tertiary/aromatic N) is 1. The van der Waals surface area contributed by atoms with E-state index in [2.05, 4.69) is 10.2 Å². The van der Waals surface area contributed by atoms with Crippen molar-refractivity contribution in [2.45, 2.75) is 31.3 Å². The third kappa shape index (κ3) is 6.19. The maximum absolute atomic E-state index is 5.60. The van der Waals surface area contributed by atoms with Crippen LogP contribution in [0.4, 0.5) is 0 Å². The molecule has 2 aliphatic rings. The maximum atomic E-state index is 5.60. The van der Waals surface area contributed by atoms with Crippen LogP contribution in [0.15, 0.2) is 0 Å². The third-order valence-corrected chi connectivity index (χ3v) is 3.73. The van der Waals surface area contributed by atoms with Crippen molar-refractivity contribution in [2.75, 3.05) is 59.8 Å². The van der Waals surface area contributed by atoms with Crippen LogP contribution in [0.25, 0.3) is 0 Å². The Hall–Kier alpha value is -0.200. The lowest BCUT2D eigenvalue weighted by Crippen LogP contribution is -2.51. The van der Waals surface area contributed by atoms with Crippen LogP contribution >= 0.6 is 0 Å². The molecule has 1 aliphatic heterocycles. The second-order valence-corrected chi connectivity index (χ2v) is 5.41. The monoisotopic (exact) mass is 272 g/mol. The summed E-state index contributed by atoms with van der Waals surface area (Å²) in [6.45, 7) is 7.16. The first kappa shape index (κ1) is 15.2. The Labute approximate surface area is 116 Å². The highest BCUT2D eigenvalue weighted by Crippen LogP contribution is 2.19. The summed E-state index contributed by atoms with van der Waals surface area (Å²) >= 11 is 0. The first-order valence-corrected chi connectivity index (χ1v) is 7.52. The molecule has 0 amide bonds. The minimum Gasteiger partial charge on any atom is -0.382 e. The minimum absolute atomic E-state index is 0.535. The smallest absolute Gasteiger partial charge is 0.0700 e. The molecule has 0 radical (unpaired) electrons. The second-order valence-electron chi connectivity index (χ2n) is 5.41. The van der Waals surface area contributed by atoms with Gasteiger partial charge >= 0.3 is 0 Å². The van der Waals surface area contributed by atoms with E-state index in [0.29, 0.717) is 19.3 Å². The van der Waals surface area contributed by atoms with Gasteiger partial charge in [0.1, 0.15) is 0 Å². The minimum atomic E-state index is 0.535. The maximum Gasteiger partial charge on any atom is 0.0700 e. The summed E-state index contributed by atoms with van der Waals surface area (Å²) in [5.41, 5.74) is 0. The van der Waals surface area contributed by atoms with Crippen LogP contribution in [0.1, 0.15) is 19.3 Å². The molecule has 5 heteroatoms. The summed E-state index contributed by atoms with van der Waals surface area (Å²) in [7, 11) is 1.70. The molecule has 1 atom stereocenters. The standard InChI is InChI=1S/C14H28N2O3/c1-17-9-10-18-7-2-5-16-6-8-19-12-14(16)11-15-13-3-4-13/h13-15H,2-12H2,1H3. The highest BCUT2D eigenvalue weighted by Gasteiger charge is 2.26. The molecule has 0 aromatic rings. The molecule has 112 valence electrons. The van der Waals surface area contributed by atoms with E-state index in [1.807, 2.05) is 0 Å².